The summed E-state index contributed by atoms with van der Waals surface area (Å²) in [5.41, 5.74) is 11.4. The third kappa shape index (κ3) is 2.05. The van der Waals surface area contributed by atoms with E-state index in [1.165, 1.54) is 38.5 Å². The van der Waals surface area contributed by atoms with Crippen LogP contribution in [0.4, 0.5) is 0 Å². The van der Waals surface area contributed by atoms with E-state index < -0.39 is 0 Å². The number of amidine groups is 2. The highest BCUT2D eigenvalue weighted by atomic mass is 15.0. The van der Waals surface area contributed by atoms with E-state index in [1.807, 2.05) is 0 Å². The van der Waals surface area contributed by atoms with Crippen molar-refractivity contribution in [2.75, 3.05) is 0 Å². The van der Waals surface area contributed by atoms with Crippen LogP contribution in [0.3, 0.4) is 0 Å². The summed E-state index contributed by atoms with van der Waals surface area (Å²) in [6.45, 7) is 0. The molecule has 0 aromatic carbocycles. The third-order valence-corrected chi connectivity index (χ3v) is 4.76. The highest BCUT2D eigenvalue weighted by molar-refractivity contribution is 5.99. The van der Waals surface area contributed by atoms with Crippen molar-refractivity contribution >= 4 is 11.7 Å². The Labute approximate surface area is 102 Å². The first-order valence-electron chi connectivity index (χ1n) is 6.72. The van der Waals surface area contributed by atoms with Crippen LogP contribution in [0.2, 0.25) is 0 Å². The summed E-state index contributed by atoms with van der Waals surface area (Å²) in [7, 11) is 0. The molecule has 4 fully saturated rings. The van der Waals surface area contributed by atoms with E-state index in [0.29, 0.717) is 12.3 Å². The lowest BCUT2D eigenvalue weighted by molar-refractivity contribution is 0.00158. The zero-order valence-corrected chi connectivity index (χ0v) is 10.3. The standard InChI is InChI=1S/C13H22N4/c14-11(15)4-12(16)17-13-5-8-1-9(6-13)3-10(2-8)7-13/h8-10H,1-7H2,(H3,14,15)(H2,16,17). The minimum Gasteiger partial charge on any atom is -0.387 e. The predicted octanol–water partition coefficient (Wildman–Crippen LogP) is 1.64. The van der Waals surface area contributed by atoms with Crippen molar-refractivity contribution in [3.63, 3.8) is 0 Å². The minimum absolute atomic E-state index is 0.119. The zero-order chi connectivity index (χ0) is 12.0. The van der Waals surface area contributed by atoms with Gasteiger partial charge < -0.3 is 11.5 Å². The summed E-state index contributed by atoms with van der Waals surface area (Å²) in [4.78, 5) is 4.78. The van der Waals surface area contributed by atoms with Crippen LogP contribution >= 0.6 is 0 Å². The van der Waals surface area contributed by atoms with Gasteiger partial charge in [0, 0.05) is 0 Å². The SMILES string of the molecule is N=C(N)CC(N)=NC12CC3CC(CC(C3)C1)C2. The van der Waals surface area contributed by atoms with Crippen molar-refractivity contribution in [3.8, 4) is 0 Å². The average Bonchev–Trinajstić information content (AvgIpc) is 2.11. The summed E-state index contributed by atoms with van der Waals surface area (Å²) < 4.78 is 0. The lowest BCUT2D eigenvalue weighted by atomic mass is 9.53. The maximum atomic E-state index is 7.28. The Bertz CT molecular complexity index is 336. The van der Waals surface area contributed by atoms with Gasteiger partial charge in [-0.05, 0) is 56.3 Å². The molecule has 0 aliphatic heterocycles. The Kier molecular flexibility index (Phi) is 2.42. The van der Waals surface area contributed by atoms with Crippen LogP contribution in [0.15, 0.2) is 4.99 Å². The van der Waals surface area contributed by atoms with Gasteiger partial charge in [0.1, 0.15) is 5.84 Å². The number of nitrogens with zero attached hydrogens (tertiary/aromatic N) is 1. The van der Waals surface area contributed by atoms with Crippen LogP contribution < -0.4 is 11.5 Å². The molecule has 4 saturated carbocycles. The van der Waals surface area contributed by atoms with Gasteiger partial charge in [-0.25, -0.2) is 0 Å². The molecule has 0 unspecified atom stereocenters. The normalized spacial score (nSPS) is 44.0. The van der Waals surface area contributed by atoms with E-state index in [0.717, 1.165) is 17.8 Å². The fraction of sp³-hybridized carbons (Fsp3) is 0.846. The number of aliphatic imine (C=N–C) groups is 1. The first-order valence-corrected chi connectivity index (χ1v) is 6.72. The molecule has 4 heteroatoms. The number of nitrogens with two attached hydrogens (primary N) is 2. The van der Waals surface area contributed by atoms with Gasteiger partial charge in [0.2, 0.25) is 0 Å². The van der Waals surface area contributed by atoms with Crippen LogP contribution in [0, 0.1) is 23.2 Å². The Morgan fingerprint density at radius 1 is 1.06 bits per heavy atom. The number of hydrogen-bond donors (Lipinski definition) is 3. The van der Waals surface area contributed by atoms with Gasteiger partial charge in [-0.15, -0.1) is 0 Å². The van der Waals surface area contributed by atoms with Crippen molar-refractivity contribution in [3.05, 3.63) is 0 Å². The van der Waals surface area contributed by atoms with Gasteiger partial charge in [0.05, 0.1) is 17.8 Å². The van der Waals surface area contributed by atoms with Crippen molar-refractivity contribution in [2.45, 2.75) is 50.5 Å². The fourth-order valence-corrected chi connectivity index (χ4v) is 4.74. The summed E-state index contributed by atoms with van der Waals surface area (Å²) in [6, 6.07) is 0. The minimum atomic E-state index is 0.119. The van der Waals surface area contributed by atoms with Gasteiger partial charge in [-0.2, -0.15) is 0 Å². The predicted molar refractivity (Wildman–Crippen MR) is 69.1 cm³/mol. The smallest absolute Gasteiger partial charge is 0.102 e. The first kappa shape index (κ1) is 11.1. The molecule has 4 aliphatic carbocycles. The molecule has 5 N–H and O–H groups in total. The monoisotopic (exact) mass is 234 g/mol. The largest absolute Gasteiger partial charge is 0.387 e. The molecule has 0 amide bonds. The second-order valence-corrected chi connectivity index (χ2v) is 6.45. The van der Waals surface area contributed by atoms with Crippen LogP contribution in [-0.2, 0) is 0 Å². The molecule has 0 aromatic heterocycles. The van der Waals surface area contributed by atoms with Gasteiger partial charge in [-0.1, -0.05) is 0 Å². The molecule has 4 rings (SSSR count). The maximum absolute atomic E-state index is 7.28. The quantitative estimate of drug-likeness (QED) is 0.512. The van der Waals surface area contributed by atoms with Crippen LogP contribution in [-0.4, -0.2) is 17.2 Å². The van der Waals surface area contributed by atoms with Crippen LogP contribution in [0.25, 0.3) is 0 Å². The molecule has 4 aliphatic rings. The first-order chi connectivity index (χ1) is 8.05. The molecular formula is C13H22N4. The van der Waals surface area contributed by atoms with Gasteiger partial charge in [0.25, 0.3) is 0 Å². The summed E-state index contributed by atoms with van der Waals surface area (Å²) >= 11 is 0. The molecule has 0 heterocycles. The van der Waals surface area contributed by atoms with E-state index >= 15 is 0 Å². The van der Waals surface area contributed by atoms with Crippen LogP contribution in [0.1, 0.15) is 44.9 Å². The molecule has 0 atom stereocenters. The lowest BCUT2D eigenvalue weighted by Crippen LogP contribution is -2.50. The van der Waals surface area contributed by atoms with E-state index in [-0.39, 0.29) is 11.4 Å². The molecule has 0 radical (unpaired) electrons. The molecule has 94 valence electrons. The van der Waals surface area contributed by atoms with Crippen molar-refractivity contribution in [2.24, 2.45) is 34.2 Å². The highest BCUT2D eigenvalue weighted by Gasteiger charge is 2.51. The number of rotatable bonds is 3. The van der Waals surface area contributed by atoms with Gasteiger partial charge >= 0.3 is 0 Å². The van der Waals surface area contributed by atoms with Crippen molar-refractivity contribution in [1.82, 2.24) is 0 Å². The average molecular weight is 234 g/mol. The second-order valence-electron chi connectivity index (χ2n) is 6.45. The molecule has 4 bridgehead atoms. The van der Waals surface area contributed by atoms with E-state index in [4.69, 9.17) is 21.9 Å². The third-order valence-electron chi connectivity index (χ3n) is 4.76. The molecule has 0 spiro atoms. The second kappa shape index (κ2) is 3.72. The Balaban J connectivity index is 1.80. The van der Waals surface area contributed by atoms with Crippen molar-refractivity contribution in [1.29, 1.82) is 5.41 Å². The van der Waals surface area contributed by atoms with E-state index in [2.05, 4.69) is 0 Å². The fourth-order valence-electron chi connectivity index (χ4n) is 4.74. The van der Waals surface area contributed by atoms with Gasteiger partial charge in [-0.3, -0.25) is 10.4 Å². The van der Waals surface area contributed by atoms with E-state index in [9.17, 15) is 0 Å². The summed E-state index contributed by atoms with van der Waals surface area (Å²) in [6.07, 6.45) is 8.25. The Morgan fingerprint density at radius 2 is 1.53 bits per heavy atom. The molecule has 0 aromatic rings. The molecular weight excluding hydrogens is 212 g/mol. The topological polar surface area (TPSA) is 88.2 Å². The molecule has 17 heavy (non-hydrogen) atoms. The highest BCUT2D eigenvalue weighted by Crippen LogP contribution is 2.57. The Hall–Kier alpha value is -1.06. The summed E-state index contributed by atoms with van der Waals surface area (Å²) in [5, 5.41) is 7.28. The van der Waals surface area contributed by atoms with Gasteiger partial charge in [0.15, 0.2) is 0 Å². The molecule has 4 nitrogen and oxygen atoms in total. The van der Waals surface area contributed by atoms with Crippen LogP contribution in [0.5, 0.6) is 0 Å². The lowest BCUT2D eigenvalue weighted by Gasteiger charge is -2.55. The number of nitrogens with one attached hydrogen (secondary N) is 1. The maximum Gasteiger partial charge on any atom is 0.102 e. The zero-order valence-electron chi connectivity index (χ0n) is 10.3. The Morgan fingerprint density at radius 3 is 1.94 bits per heavy atom. The molecule has 0 saturated heterocycles. The summed E-state index contributed by atoms with van der Waals surface area (Å²) in [5.74, 6) is 3.34. The van der Waals surface area contributed by atoms with E-state index in [1.54, 1.807) is 0 Å². The van der Waals surface area contributed by atoms with Crippen molar-refractivity contribution < 1.29 is 0 Å². The number of hydrogen-bond acceptors (Lipinski definition) is 2.